The topological polar surface area (TPSA) is 58.3 Å². The molecule has 0 amide bonds. The van der Waals surface area contributed by atoms with Crippen molar-refractivity contribution in [2.24, 2.45) is 5.73 Å². The van der Waals surface area contributed by atoms with Gasteiger partial charge in [-0.1, -0.05) is 54.1 Å². The Hall–Kier alpha value is -0.810. The zero-order valence-electron chi connectivity index (χ0n) is 13.4. The minimum Gasteiger partial charge on any atom is -0.390 e. The highest BCUT2D eigenvalue weighted by Gasteiger charge is 2.14. The monoisotopic (exact) mass is 390 g/mol. The lowest BCUT2D eigenvalue weighted by molar-refractivity contribution is 0.142. The summed E-state index contributed by atoms with van der Waals surface area (Å²) in [7, 11) is 0. The summed E-state index contributed by atoms with van der Waals surface area (Å²) in [5, 5.41) is 14.1. The Morgan fingerprint density at radius 1 is 0.958 bits per heavy atom. The second kappa shape index (κ2) is 12.5. The van der Waals surface area contributed by atoms with E-state index in [1.165, 1.54) is 5.56 Å². The maximum absolute atomic E-state index is 10.1. The first-order valence-corrected chi connectivity index (χ1v) is 7.95. The minimum atomic E-state index is -0.551. The molecule has 6 heteroatoms. The lowest BCUT2D eigenvalue weighted by Gasteiger charge is -2.19. The van der Waals surface area contributed by atoms with Gasteiger partial charge < -0.3 is 16.2 Å². The van der Waals surface area contributed by atoms with Crippen molar-refractivity contribution in [2.45, 2.75) is 25.0 Å². The van der Waals surface area contributed by atoms with Crippen molar-refractivity contribution in [1.82, 2.24) is 5.32 Å². The molecule has 0 fully saturated rings. The largest absolute Gasteiger partial charge is 0.390 e. The summed E-state index contributed by atoms with van der Waals surface area (Å²) in [5.41, 5.74) is 8.43. The van der Waals surface area contributed by atoms with Gasteiger partial charge in [-0.25, -0.2) is 0 Å². The van der Waals surface area contributed by atoms with Crippen LogP contribution in [-0.2, 0) is 12.8 Å². The molecule has 3 nitrogen and oxygen atoms in total. The van der Waals surface area contributed by atoms with Crippen LogP contribution in [0.3, 0.4) is 0 Å². The average Bonchev–Trinajstić information content (AvgIpc) is 2.54. The van der Waals surface area contributed by atoms with Gasteiger partial charge in [-0.15, -0.1) is 24.8 Å². The van der Waals surface area contributed by atoms with Crippen molar-refractivity contribution in [3.63, 3.8) is 0 Å². The van der Waals surface area contributed by atoms with E-state index in [2.05, 4.69) is 5.32 Å². The molecule has 0 aromatic heterocycles. The van der Waals surface area contributed by atoms with Crippen LogP contribution < -0.4 is 11.1 Å². The molecule has 24 heavy (non-hydrogen) atoms. The van der Waals surface area contributed by atoms with E-state index < -0.39 is 6.10 Å². The molecule has 2 aromatic carbocycles. The molecule has 0 spiro atoms. The van der Waals surface area contributed by atoms with Crippen molar-refractivity contribution in [3.8, 4) is 0 Å². The van der Waals surface area contributed by atoms with Crippen molar-refractivity contribution >= 4 is 36.4 Å². The van der Waals surface area contributed by atoms with Gasteiger partial charge in [-0.3, -0.25) is 0 Å². The second-order valence-electron chi connectivity index (χ2n) is 5.50. The molecule has 0 unspecified atom stereocenters. The Morgan fingerprint density at radius 3 is 2.21 bits per heavy atom. The van der Waals surface area contributed by atoms with Crippen LogP contribution in [0.1, 0.15) is 11.1 Å². The Bertz CT molecular complexity index is 552. The molecule has 2 rings (SSSR count). The molecular weight excluding hydrogens is 367 g/mol. The molecular formula is C18H25Cl3N2O. The second-order valence-corrected chi connectivity index (χ2v) is 5.94. The number of rotatable bonds is 8. The minimum absolute atomic E-state index is 0. The van der Waals surface area contributed by atoms with E-state index in [4.69, 9.17) is 17.3 Å². The summed E-state index contributed by atoms with van der Waals surface area (Å²) in [5.74, 6) is 0. The highest BCUT2D eigenvalue weighted by atomic mass is 35.5. The lowest BCUT2D eigenvalue weighted by Crippen LogP contribution is -2.43. The van der Waals surface area contributed by atoms with E-state index in [1.807, 2.05) is 54.6 Å². The van der Waals surface area contributed by atoms with Gasteiger partial charge in [0, 0.05) is 17.6 Å². The Morgan fingerprint density at radius 2 is 1.58 bits per heavy atom. The normalized spacial score (nSPS) is 12.6. The van der Waals surface area contributed by atoms with Crippen molar-refractivity contribution in [3.05, 3.63) is 70.7 Å². The van der Waals surface area contributed by atoms with Crippen molar-refractivity contribution in [1.29, 1.82) is 0 Å². The standard InChI is InChI=1S/C18H23ClN2O.2ClH/c19-16-8-6-14(7-9-16)10-11-21-13-18(22)17(20)12-15-4-2-1-3-5-15;;/h1-9,17-18,21-22H,10-13,20H2;2*1H/t17-,18+;;/m0../s1. The molecule has 0 bridgehead atoms. The van der Waals surface area contributed by atoms with Crippen molar-refractivity contribution < 1.29 is 5.11 Å². The molecule has 0 aliphatic heterocycles. The molecule has 4 N–H and O–H groups in total. The Balaban J connectivity index is 0.00000264. The molecule has 0 radical (unpaired) electrons. The number of aliphatic hydroxyl groups excluding tert-OH is 1. The molecule has 0 saturated carbocycles. The molecule has 134 valence electrons. The lowest BCUT2D eigenvalue weighted by atomic mass is 10.0. The Kier molecular flexibility index (Phi) is 12.1. The summed E-state index contributed by atoms with van der Waals surface area (Å²) in [6.45, 7) is 1.30. The molecule has 0 heterocycles. The first kappa shape index (κ1) is 23.2. The fraction of sp³-hybridized carbons (Fsp3) is 0.333. The van der Waals surface area contributed by atoms with Gasteiger partial charge in [0.15, 0.2) is 0 Å². The maximum Gasteiger partial charge on any atom is 0.0818 e. The van der Waals surface area contributed by atoms with Crippen molar-refractivity contribution in [2.75, 3.05) is 13.1 Å². The first-order valence-electron chi connectivity index (χ1n) is 7.58. The smallest absolute Gasteiger partial charge is 0.0818 e. The predicted molar refractivity (Wildman–Crippen MR) is 107 cm³/mol. The average molecular weight is 392 g/mol. The van der Waals surface area contributed by atoms with Gasteiger partial charge in [0.1, 0.15) is 0 Å². The van der Waals surface area contributed by atoms with Gasteiger partial charge in [-0.2, -0.15) is 0 Å². The van der Waals surface area contributed by atoms with Gasteiger partial charge in [0.05, 0.1) is 6.10 Å². The van der Waals surface area contributed by atoms with Crippen LogP contribution in [0.4, 0.5) is 0 Å². The van der Waals surface area contributed by atoms with Crippen LogP contribution in [0.5, 0.6) is 0 Å². The van der Waals surface area contributed by atoms with E-state index in [1.54, 1.807) is 0 Å². The number of hydrogen-bond acceptors (Lipinski definition) is 3. The summed E-state index contributed by atoms with van der Waals surface area (Å²) in [4.78, 5) is 0. The summed E-state index contributed by atoms with van der Waals surface area (Å²) >= 11 is 5.85. The highest BCUT2D eigenvalue weighted by Crippen LogP contribution is 2.09. The first-order chi connectivity index (χ1) is 10.6. The van der Waals surface area contributed by atoms with E-state index in [0.29, 0.717) is 13.0 Å². The van der Waals surface area contributed by atoms with Crippen LogP contribution in [0.25, 0.3) is 0 Å². The van der Waals surface area contributed by atoms with Gasteiger partial charge >= 0.3 is 0 Å². The van der Waals surface area contributed by atoms with Crippen LogP contribution >= 0.6 is 36.4 Å². The molecule has 2 atom stereocenters. The van der Waals surface area contributed by atoms with E-state index in [-0.39, 0.29) is 30.9 Å². The van der Waals surface area contributed by atoms with Gasteiger partial charge in [-0.05, 0) is 42.6 Å². The van der Waals surface area contributed by atoms with E-state index in [9.17, 15) is 5.11 Å². The summed E-state index contributed by atoms with van der Waals surface area (Å²) < 4.78 is 0. The number of nitrogens with one attached hydrogen (secondary N) is 1. The summed E-state index contributed by atoms with van der Waals surface area (Å²) in [6.07, 6.45) is 1.03. The fourth-order valence-electron chi connectivity index (χ4n) is 2.31. The fourth-order valence-corrected chi connectivity index (χ4v) is 2.43. The molecule has 2 aromatic rings. The highest BCUT2D eigenvalue weighted by molar-refractivity contribution is 6.30. The number of halogens is 3. The number of nitrogens with two attached hydrogens (primary N) is 1. The molecule has 0 aliphatic rings. The molecule has 0 saturated heterocycles. The zero-order chi connectivity index (χ0) is 15.8. The van der Waals surface area contributed by atoms with E-state index >= 15 is 0 Å². The van der Waals surface area contributed by atoms with Crippen LogP contribution in [0.15, 0.2) is 54.6 Å². The number of benzene rings is 2. The quantitative estimate of drug-likeness (QED) is 0.605. The third-order valence-electron chi connectivity index (χ3n) is 3.67. The third-order valence-corrected chi connectivity index (χ3v) is 3.92. The van der Waals surface area contributed by atoms with E-state index in [0.717, 1.165) is 23.6 Å². The number of aliphatic hydroxyl groups is 1. The van der Waals surface area contributed by atoms with Crippen LogP contribution in [0.2, 0.25) is 5.02 Å². The van der Waals surface area contributed by atoms with Crippen LogP contribution in [0, 0.1) is 0 Å². The van der Waals surface area contributed by atoms with Gasteiger partial charge in [0.2, 0.25) is 0 Å². The number of hydrogen-bond donors (Lipinski definition) is 3. The van der Waals surface area contributed by atoms with Crippen LogP contribution in [-0.4, -0.2) is 30.3 Å². The Labute approximate surface area is 161 Å². The third kappa shape index (κ3) is 8.34. The zero-order valence-corrected chi connectivity index (χ0v) is 15.8. The SMILES string of the molecule is Cl.Cl.N[C@@H](Cc1ccccc1)[C@H](O)CNCCc1ccc(Cl)cc1. The van der Waals surface area contributed by atoms with Gasteiger partial charge in [0.25, 0.3) is 0 Å². The molecule has 0 aliphatic carbocycles. The summed E-state index contributed by atoms with van der Waals surface area (Å²) in [6, 6.07) is 17.6. The predicted octanol–water partition coefficient (Wildman–Crippen LogP) is 3.25. The maximum atomic E-state index is 10.1.